The van der Waals surface area contributed by atoms with Crippen molar-refractivity contribution in [2.24, 2.45) is 5.92 Å². The monoisotopic (exact) mass is 388 g/mol. The maximum Gasteiger partial charge on any atom is 0.389 e. The molecule has 2 nitrogen and oxygen atoms in total. The van der Waals surface area contributed by atoms with Crippen molar-refractivity contribution in [3.05, 3.63) is 22.3 Å². The van der Waals surface area contributed by atoms with Gasteiger partial charge in [0.15, 0.2) is 0 Å². The topological polar surface area (TPSA) is 40.5 Å². The third kappa shape index (κ3) is 8.02. The molecule has 0 aliphatic heterocycles. The predicted octanol–water partition coefficient (Wildman–Crippen LogP) is 7.27. The van der Waals surface area contributed by atoms with E-state index in [0.717, 1.165) is 67.2 Å². The second-order valence-corrected chi connectivity index (χ2v) is 7.97. The molecule has 1 aromatic carbocycles. The maximum atomic E-state index is 12.1. The summed E-state index contributed by atoms with van der Waals surface area (Å²) in [6.07, 6.45) is 3.00. The summed E-state index contributed by atoms with van der Waals surface area (Å²) < 4.78 is 36.2. The van der Waals surface area contributed by atoms with E-state index in [0.29, 0.717) is 18.1 Å². The van der Waals surface area contributed by atoms with Crippen LogP contribution < -0.4 is 0 Å². The van der Waals surface area contributed by atoms with E-state index in [-0.39, 0.29) is 12.2 Å². The Morgan fingerprint density at radius 2 is 1.26 bits per heavy atom. The number of alkyl halides is 3. The van der Waals surface area contributed by atoms with Crippen molar-refractivity contribution < 1.29 is 23.4 Å². The van der Waals surface area contributed by atoms with Gasteiger partial charge in [-0.3, -0.25) is 0 Å². The van der Waals surface area contributed by atoms with E-state index in [1.165, 1.54) is 0 Å². The third-order valence-corrected chi connectivity index (χ3v) is 5.66. The van der Waals surface area contributed by atoms with Crippen LogP contribution in [0.1, 0.15) is 87.0 Å². The lowest BCUT2D eigenvalue weighted by molar-refractivity contribution is -0.135. The molecule has 1 atom stereocenters. The summed E-state index contributed by atoms with van der Waals surface area (Å²) in [5.74, 6) is 1.09. The highest BCUT2D eigenvalue weighted by molar-refractivity contribution is 5.56. The summed E-state index contributed by atoms with van der Waals surface area (Å²) >= 11 is 0. The van der Waals surface area contributed by atoms with Crippen molar-refractivity contribution in [2.45, 2.75) is 98.1 Å². The highest BCUT2D eigenvalue weighted by atomic mass is 19.4. The number of benzene rings is 1. The molecule has 2 N–H and O–H groups in total. The first-order valence-electron chi connectivity index (χ1n) is 10.1. The Balaban J connectivity index is 2.26. The molecule has 0 saturated carbocycles. The SMILES string of the molecule is Cc1c(C)c(O)c(CCC(C)CCCCCCCCC(F)(F)F)c(C)c1O. The third-order valence-electron chi connectivity index (χ3n) is 5.66. The van der Waals surface area contributed by atoms with Crippen LogP contribution in [0.4, 0.5) is 13.2 Å². The van der Waals surface area contributed by atoms with Gasteiger partial charge < -0.3 is 10.2 Å². The fourth-order valence-corrected chi connectivity index (χ4v) is 3.55. The van der Waals surface area contributed by atoms with Gasteiger partial charge in [0.05, 0.1) is 0 Å². The molecule has 27 heavy (non-hydrogen) atoms. The number of phenols is 2. The summed E-state index contributed by atoms with van der Waals surface area (Å²) in [5.41, 5.74) is 3.08. The normalized spacial score (nSPS) is 13.1. The fourth-order valence-electron chi connectivity index (χ4n) is 3.55. The van der Waals surface area contributed by atoms with Crippen molar-refractivity contribution in [3.63, 3.8) is 0 Å². The Labute approximate surface area is 161 Å². The van der Waals surface area contributed by atoms with Crippen LogP contribution in [-0.4, -0.2) is 16.4 Å². The van der Waals surface area contributed by atoms with Crippen LogP contribution in [0.3, 0.4) is 0 Å². The van der Waals surface area contributed by atoms with E-state index in [1.807, 2.05) is 20.8 Å². The highest BCUT2D eigenvalue weighted by Gasteiger charge is 2.25. The lowest BCUT2D eigenvalue weighted by Gasteiger charge is -2.17. The number of rotatable bonds is 11. The lowest BCUT2D eigenvalue weighted by Crippen LogP contribution is -2.06. The van der Waals surface area contributed by atoms with Crippen LogP contribution in [0, 0.1) is 26.7 Å². The molecule has 0 aliphatic rings. The van der Waals surface area contributed by atoms with Crippen LogP contribution in [0.2, 0.25) is 0 Å². The second kappa shape index (κ2) is 10.8. The number of halogens is 3. The molecular formula is C22H35F3O2. The minimum Gasteiger partial charge on any atom is -0.507 e. The van der Waals surface area contributed by atoms with Gasteiger partial charge in [-0.25, -0.2) is 0 Å². The first kappa shape index (κ1) is 23.6. The van der Waals surface area contributed by atoms with E-state index in [9.17, 15) is 23.4 Å². The summed E-state index contributed by atoms with van der Waals surface area (Å²) in [6, 6.07) is 0. The first-order valence-corrected chi connectivity index (χ1v) is 10.1. The van der Waals surface area contributed by atoms with E-state index < -0.39 is 12.6 Å². The van der Waals surface area contributed by atoms with Crippen molar-refractivity contribution in [1.29, 1.82) is 0 Å². The minimum absolute atomic E-state index is 0.242. The van der Waals surface area contributed by atoms with Gasteiger partial charge in [-0.15, -0.1) is 0 Å². The van der Waals surface area contributed by atoms with E-state index in [4.69, 9.17) is 0 Å². The Hall–Kier alpha value is -1.39. The molecule has 0 saturated heterocycles. The average molecular weight is 389 g/mol. The van der Waals surface area contributed by atoms with Crippen molar-refractivity contribution >= 4 is 0 Å². The molecule has 1 rings (SSSR count). The van der Waals surface area contributed by atoms with Gasteiger partial charge in [-0.2, -0.15) is 13.2 Å². The zero-order valence-electron chi connectivity index (χ0n) is 17.2. The minimum atomic E-state index is -4.02. The summed E-state index contributed by atoms with van der Waals surface area (Å²) in [7, 11) is 0. The Bertz CT molecular complexity index is 565. The molecule has 0 bridgehead atoms. The molecule has 0 aromatic heterocycles. The van der Waals surface area contributed by atoms with Crippen LogP contribution in [0.5, 0.6) is 11.5 Å². The number of phenolic OH excluding ortho intramolecular Hbond substituents is 2. The smallest absolute Gasteiger partial charge is 0.389 e. The maximum absolute atomic E-state index is 12.1. The van der Waals surface area contributed by atoms with Crippen LogP contribution >= 0.6 is 0 Å². The van der Waals surface area contributed by atoms with Gasteiger partial charge in [0.25, 0.3) is 0 Å². The van der Waals surface area contributed by atoms with Crippen molar-refractivity contribution in [1.82, 2.24) is 0 Å². The number of aromatic hydroxyl groups is 2. The van der Waals surface area contributed by atoms with E-state index >= 15 is 0 Å². The summed E-state index contributed by atoms with van der Waals surface area (Å²) in [5, 5.41) is 20.6. The van der Waals surface area contributed by atoms with Crippen LogP contribution in [0.25, 0.3) is 0 Å². The molecule has 0 amide bonds. The fraction of sp³-hybridized carbons (Fsp3) is 0.727. The molecular weight excluding hydrogens is 353 g/mol. The van der Waals surface area contributed by atoms with Gasteiger partial charge in [0.2, 0.25) is 0 Å². The average Bonchev–Trinajstić information content (AvgIpc) is 2.59. The van der Waals surface area contributed by atoms with Gasteiger partial charge >= 0.3 is 6.18 Å². The number of hydrogen-bond acceptors (Lipinski definition) is 2. The quantitative estimate of drug-likeness (QED) is 0.309. The van der Waals surface area contributed by atoms with Crippen molar-refractivity contribution in [2.75, 3.05) is 0 Å². The van der Waals surface area contributed by atoms with E-state index in [2.05, 4.69) is 6.92 Å². The Kier molecular flexibility index (Phi) is 9.48. The molecule has 0 heterocycles. The molecule has 1 aromatic rings. The molecule has 0 aliphatic carbocycles. The molecule has 0 fully saturated rings. The first-order chi connectivity index (χ1) is 12.5. The van der Waals surface area contributed by atoms with Crippen LogP contribution in [-0.2, 0) is 6.42 Å². The predicted molar refractivity (Wildman–Crippen MR) is 104 cm³/mol. The molecule has 1 unspecified atom stereocenters. The van der Waals surface area contributed by atoms with Gasteiger partial charge in [0, 0.05) is 12.0 Å². The second-order valence-electron chi connectivity index (χ2n) is 7.97. The lowest BCUT2D eigenvalue weighted by atomic mass is 9.90. The Morgan fingerprint density at radius 1 is 0.741 bits per heavy atom. The van der Waals surface area contributed by atoms with Crippen molar-refractivity contribution in [3.8, 4) is 11.5 Å². The molecule has 0 radical (unpaired) electrons. The van der Waals surface area contributed by atoms with Crippen LogP contribution in [0.15, 0.2) is 0 Å². The zero-order valence-corrected chi connectivity index (χ0v) is 17.2. The van der Waals surface area contributed by atoms with E-state index in [1.54, 1.807) is 0 Å². The van der Waals surface area contributed by atoms with Gasteiger partial charge in [-0.1, -0.05) is 45.4 Å². The standard InChI is InChI=1S/C22H35F3O2/c1-15(11-9-7-5-6-8-10-14-22(23,24)25)12-13-19-18(4)20(26)16(2)17(3)21(19)27/h15,26-27H,5-14H2,1-4H3. The Morgan fingerprint density at radius 3 is 1.85 bits per heavy atom. The largest absolute Gasteiger partial charge is 0.507 e. The summed E-state index contributed by atoms with van der Waals surface area (Å²) in [4.78, 5) is 0. The summed E-state index contributed by atoms with van der Waals surface area (Å²) in [6.45, 7) is 7.68. The molecule has 0 spiro atoms. The van der Waals surface area contributed by atoms with Gasteiger partial charge in [0.1, 0.15) is 11.5 Å². The molecule has 5 heteroatoms. The number of hydrogen-bond donors (Lipinski definition) is 2. The molecule has 156 valence electrons. The number of unbranched alkanes of at least 4 members (excludes halogenated alkanes) is 5. The van der Waals surface area contributed by atoms with Gasteiger partial charge in [-0.05, 0) is 62.6 Å². The zero-order chi connectivity index (χ0) is 20.6. The highest BCUT2D eigenvalue weighted by Crippen LogP contribution is 2.37.